The van der Waals surface area contributed by atoms with Crippen molar-refractivity contribution in [2.75, 3.05) is 13.2 Å². The van der Waals surface area contributed by atoms with Gasteiger partial charge in [0.1, 0.15) is 0 Å². The van der Waals surface area contributed by atoms with Gasteiger partial charge in [-0.15, -0.1) is 11.3 Å². The van der Waals surface area contributed by atoms with Gasteiger partial charge in [-0.2, -0.15) is 0 Å². The van der Waals surface area contributed by atoms with E-state index in [0.717, 1.165) is 10.4 Å². The maximum Gasteiger partial charge on any atom is 0.306 e. The van der Waals surface area contributed by atoms with Crippen molar-refractivity contribution in [1.29, 1.82) is 0 Å². The van der Waals surface area contributed by atoms with E-state index in [1.54, 1.807) is 18.2 Å². The third-order valence-electron chi connectivity index (χ3n) is 3.58. The molecule has 1 heterocycles. The SMILES string of the molecule is Cc1ccc(C(=O)CCC(=O)OCC(=O)NCCc2ccc(Cl)cc2)s1. The monoisotopic (exact) mass is 393 g/mol. The summed E-state index contributed by atoms with van der Waals surface area (Å²) in [6.45, 7) is 2.02. The van der Waals surface area contributed by atoms with Crippen LogP contribution in [0.15, 0.2) is 36.4 Å². The molecule has 138 valence electrons. The van der Waals surface area contributed by atoms with Gasteiger partial charge < -0.3 is 10.1 Å². The second-order valence-electron chi connectivity index (χ2n) is 5.72. The molecule has 0 spiro atoms. The van der Waals surface area contributed by atoms with E-state index in [1.807, 2.05) is 25.1 Å². The highest BCUT2D eigenvalue weighted by molar-refractivity contribution is 7.14. The molecule has 7 heteroatoms. The summed E-state index contributed by atoms with van der Waals surface area (Å²) in [7, 11) is 0. The zero-order valence-corrected chi connectivity index (χ0v) is 16.0. The first-order chi connectivity index (χ1) is 12.4. The second kappa shape index (κ2) is 10.1. The maximum atomic E-state index is 11.9. The number of carbonyl (C=O) groups excluding carboxylic acids is 3. The number of halogens is 1. The van der Waals surface area contributed by atoms with Crippen LogP contribution in [0, 0.1) is 6.92 Å². The molecule has 2 aromatic rings. The Labute approximate surface area is 161 Å². The van der Waals surface area contributed by atoms with Gasteiger partial charge in [0.15, 0.2) is 12.4 Å². The predicted molar refractivity (Wildman–Crippen MR) is 102 cm³/mol. The first kappa shape index (κ1) is 20.1. The summed E-state index contributed by atoms with van der Waals surface area (Å²) in [6.07, 6.45) is 0.705. The number of hydrogen-bond acceptors (Lipinski definition) is 5. The molecule has 0 saturated carbocycles. The van der Waals surface area contributed by atoms with Gasteiger partial charge in [0.05, 0.1) is 11.3 Å². The van der Waals surface area contributed by atoms with E-state index in [2.05, 4.69) is 5.32 Å². The molecular weight excluding hydrogens is 374 g/mol. The van der Waals surface area contributed by atoms with Crippen LogP contribution in [0.2, 0.25) is 5.02 Å². The van der Waals surface area contributed by atoms with Crippen molar-refractivity contribution < 1.29 is 19.1 Å². The van der Waals surface area contributed by atoms with Crippen molar-refractivity contribution in [3.05, 3.63) is 56.7 Å². The summed E-state index contributed by atoms with van der Waals surface area (Å²) in [5.41, 5.74) is 1.05. The number of ether oxygens (including phenoxy) is 1. The van der Waals surface area contributed by atoms with E-state index < -0.39 is 5.97 Å². The fourth-order valence-electron chi connectivity index (χ4n) is 2.19. The normalized spacial score (nSPS) is 10.4. The average Bonchev–Trinajstić information content (AvgIpc) is 3.06. The van der Waals surface area contributed by atoms with Crippen LogP contribution in [-0.2, 0) is 20.7 Å². The average molecular weight is 394 g/mol. The molecule has 0 bridgehead atoms. The number of carbonyl (C=O) groups is 3. The quantitative estimate of drug-likeness (QED) is 0.522. The number of aryl methyl sites for hydroxylation is 1. The van der Waals surface area contributed by atoms with Crippen molar-refractivity contribution in [3.63, 3.8) is 0 Å². The molecule has 1 amide bonds. The maximum absolute atomic E-state index is 11.9. The van der Waals surface area contributed by atoms with Crippen LogP contribution < -0.4 is 5.32 Å². The molecule has 1 aromatic carbocycles. The van der Waals surface area contributed by atoms with Crippen molar-refractivity contribution in [2.24, 2.45) is 0 Å². The van der Waals surface area contributed by atoms with Gasteiger partial charge in [-0.05, 0) is 43.2 Å². The van der Waals surface area contributed by atoms with Crippen LogP contribution in [0.3, 0.4) is 0 Å². The summed E-state index contributed by atoms with van der Waals surface area (Å²) in [6, 6.07) is 11.0. The van der Waals surface area contributed by atoms with Gasteiger partial charge in [-0.3, -0.25) is 14.4 Å². The highest BCUT2D eigenvalue weighted by Crippen LogP contribution is 2.17. The number of ketones is 1. The van der Waals surface area contributed by atoms with Gasteiger partial charge in [-0.25, -0.2) is 0 Å². The number of benzene rings is 1. The number of nitrogens with one attached hydrogen (secondary N) is 1. The minimum absolute atomic E-state index is 0.0339. The van der Waals surface area contributed by atoms with E-state index in [-0.39, 0.29) is 31.1 Å². The molecule has 1 N–H and O–H groups in total. The fourth-order valence-corrected chi connectivity index (χ4v) is 3.15. The summed E-state index contributed by atoms with van der Waals surface area (Å²) in [4.78, 5) is 36.9. The number of thiophene rings is 1. The van der Waals surface area contributed by atoms with Crippen LogP contribution in [0.5, 0.6) is 0 Å². The standard InChI is InChI=1S/C19H20ClNO4S/c1-13-2-8-17(26-13)16(22)7-9-19(24)25-12-18(23)21-11-10-14-3-5-15(20)6-4-14/h2-6,8H,7,9-12H2,1H3,(H,21,23). The number of Topliss-reactive ketones (excluding diaryl/α,β-unsaturated/α-hetero) is 1. The Bertz CT molecular complexity index is 770. The van der Waals surface area contributed by atoms with E-state index in [1.165, 1.54) is 11.3 Å². The molecule has 5 nitrogen and oxygen atoms in total. The summed E-state index contributed by atoms with van der Waals surface area (Å²) >= 11 is 7.21. The first-order valence-corrected chi connectivity index (χ1v) is 9.40. The second-order valence-corrected chi connectivity index (χ2v) is 7.44. The molecule has 0 saturated heterocycles. The van der Waals surface area contributed by atoms with Gasteiger partial charge in [0.2, 0.25) is 0 Å². The van der Waals surface area contributed by atoms with Crippen molar-refractivity contribution >= 4 is 40.6 Å². The Morgan fingerprint density at radius 3 is 2.46 bits per heavy atom. The van der Waals surface area contributed by atoms with Crippen molar-refractivity contribution in [3.8, 4) is 0 Å². The topological polar surface area (TPSA) is 72.5 Å². The Morgan fingerprint density at radius 2 is 1.81 bits per heavy atom. The van der Waals surface area contributed by atoms with Crippen molar-refractivity contribution in [2.45, 2.75) is 26.2 Å². The Morgan fingerprint density at radius 1 is 1.08 bits per heavy atom. The Hall–Kier alpha value is -2.18. The molecule has 0 aliphatic heterocycles. The van der Waals surface area contributed by atoms with E-state index in [9.17, 15) is 14.4 Å². The van der Waals surface area contributed by atoms with Crippen molar-refractivity contribution in [1.82, 2.24) is 5.32 Å². The molecule has 26 heavy (non-hydrogen) atoms. The van der Waals surface area contributed by atoms with E-state index in [0.29, 0.717) is 22.9 Å². The highest BCUT2D eigenvalue weighted by Gasteiger charge is 2.13. The minimum atomic E-state index is -0.556. The van der Waals surface area contributed by atoms with Crippen LogP contribution in [-0.4, -0.2) is 30.8 Å². The number of rotatable bonds is 9. The first-order valence-electron chi connectivity index (χ1n) is 8.20. The summed E-state index contributed by atoms with van der Waals surface area (Å²) in [5, 5.41) is 3.34. The minimum Gasteiger partial charge on any atom is -0.456 e. The smallest absolute Gasteiger partial charge is 0.306 e. The lowest BCUT2D eigenvalue weighted by Crippen LogP contribution is -2.30. The van der Waals surface area contributed by atoms with Crippen LogP contribution in [0.1, 0.15) is 33.0 Å². The summed E-state index contributed by atoms with van der Waals surface area (Å²) in [5.74, 6) is -1.01. The van der Waals surface area contributed by atoms with Crippen LogP contribution >= 0.6 is 22.9 Å². The number of amides is 1. The Balaban J connectivity index is 1.60. The van der Waals surface area contributed by atoms with Crippen LogP contribution in [0.25, 0.3) is 0 Å². The Kier molecular flexibility index (Phi) is 7.81. The zero-order valence-electron chi connectivity index (χ0n) is 14.4. The molecule has 0 aliphatic carbocycles. The highest BCUT2D eigenvalue weighted by atomic mass is 35.5. The third kappa shape index (κ3) is 6.98. The third-order valence-corrected chi connectivity index (χ3v) is 4.88. The lowest BCUT2D eigenvalue weighted by molar-refractivity contribution is -0.148. The molecule has 2 rings (SSSR count). The lowest BCUT2D eigenvalue weighted by Gasteiger charge is -2.07. The number of esters is 1. The molecule has 1 aromatic heterocycles. The predicted octanol–water partition coefficient (Wildman–Crippen LogP) is 3.57. The fraction of sp³-hybridized carbons (Fsp3) is 0.316. The van der Waals surface area contributed by atoms with Gasteiger partial charge in [-0.1, -0.05) is 23.7 Å². The molecular formula is C19H20ClNO4S. The van der Waals surface area contributed by atoms with E-state index >= 15 is 0 Å². The van der Waals surface area contributed by atoms with E-state index in [4.69, 9.17) is 16.3 Å². The van der Waals surface area contributed by atoms with Gasteiger partial charge in [0.25, 0.3) is 5.91 Å². The largest absolute Gasteiger partial charge is 0.456 e. The summed E-state index contributed by atoms with van der Waals surface area (Å²) < 4.78 is 4.90. The molecule has 0 aliphatic rings. The van der Waals surface area contributed by atoms with Gasteiger partial charge >= 0.3 is 5.97 Å². The zero-order chi connectivity index (χ0) is 18.9. The molecule has 0 unspecified atom stereocenters. The van der Waals surface area contributed by atoms with Crippen LogP contribution in [0.4, 0.5) is 0 Å². The molecule has 0 atom stereocenters. The number of hydrogen-bond donors (Lipinski definition) is 1. The van der Waals surface area contributed by atoms with Gasteiger partial charge in [0, 0.05) is 22.9 Å². The molecule has 0 radical (unpaired) electrons. The lowest BCUT2D eigenvalue weighted by atomic mass is 10.1. The molecule has 0 fully saturated rings.